The van der Waals surface area contributed by atoms with Crippen LogP contribution >= 0.6 is 0 Å². The molecule has 2 unspecified atom stereocenters. The van der Waals surface area contributed by atoms with Gasteiger partial charge in [-0.1, -0.05) is 30.3 Å². The number of benzene rings is 2. The SMILES string of the molecule is Cc1ccccc1N1C(O)c2cccc(N(O)O)c2C1O. The van der Waals surface area contributed by atoms with Crippen molar-refractivity contribution >= 4 is 11.4 Å². The summed E-state index contributed by atoms with van der Waals surface area (Å²) in [7, 11) is 0. The molecule has 0 saturated heterocycles. The van der Waals surface area contributed by atoms with Crippen LogP contribution in [-0.2, 0) is 0 Å². The maximum absolute atomic E-state index is 10.5. The Morgan fingerprint density at radius 2 is 1.67 bits per heavy atom. The predicted molar refractivity (Wildman–Crippen MR) is 76.1 cm³/mol. The number of para-hydroxylation sites is 1. The molecule has 2 atom stereocenters. The molecule has 6 heteroatoms. The molecule has 0 aromatic heterocycles. The number of hydrogen-bond donors (Lipinski definition) is 4. The second kappa shape index (κ2) is 5.01. The molecule has 0 radical (unpaired) electrons. The van der Waals surface area contributed by atoms with Gasteiger partial charge < -0.3 is 15.1 Å². The Bertz CT molecular complexity index is 674. The fraction of sp³-hybridized carbons (Fsp3) is 0.200. The van der Waals surface area contributed by atoms with E-state index in [1.807, 2.05) is 25.1 Å². The summed E-state index contributed by atoms with van der Waals surface area (Å²) in [6.07, 6.45) is -2.23. The zero-order chi connectivity index (χ0) is 15.1. The van der Waals surface area contributed by atoms with E-state index in [0.29, 0.717) is 11.3 Å². The lowest BCUT2D eigenvalue weighted by molar-refractivity contribution is 0.0271. The van der Waals surface area contributed by atoms with Gasteiger partial charge in [-0.05, 0) is 24.6 Å². The lowest BCUT2D eigenvalue weighted by Crippen LogP contribution is -2.26. The molecule has 1 aliphatic heterocycles. The standard InChI is InChI=1S/C15H16N2O4/c1-9-5-2-3-7-11(9)16-14(18)10-6-4-8-12(17(20)21)13(10)15(16)19/h2-8,14-15,18-21H,1H3. The molecular formula is C15H16N2O4. The number of rotatable bonds is 2. The Balaban J connectivity index is 2.13. The van der Waals surface area contributed by atoms with Crippen molar-refractivity contribution in [3.8, 4) is 0 Å². The summed E-state index contributed by atoms with van der Waals surface area (Å²) >= 11 is 0. The largest absolute Gasteiger partial charge is 0.369 e. The van der Waals surface area contributed by atoms with Crippen molar-refractivity contribution in [1.29, 1.82) is 0 Å². The first-order chi connectivity index (χ1) is 10.0. The Labute approximate surface area is 121 Å². The van der Waals surface area contributed by atoms with E-state index in [9.17, 15) is 20.6 Å². The van der Waals surface area contributed by atoms with Gasteiger partial charge in [-0.25, -0.2) is 0 Å². The van der Waals surface area contributed by atoms with Crippen LogP contribution in [0.3, 0.4) is 0 Å². The van der Waals surface area contributed by atoms with Gasteiger partial charge in [-0.2, -0.15) is 0 Å². The van der Waals surface area contributed by atoms with Crippen molar-refractivity contribution < 1.29 is 20.6 Å². The van der Waals surface area contributed by atoms with Crippen LogP contribution in [0, 0.1) is 6.92 Å². The summed E-state index contributed by atoms with van der Waals surface area (Å²) in [5.41, 5.74) is 2.33. The first-order valence-corrected chi connectivity index (χ1v) is 6.53. The van der Waals surface area contributed by atoms with Crippen molar-refractivity contribution in [3.05, 3.63) is 59.2 Å². The summed E-state index contributed by atoms with van der Waals surface area (Å²) in [4.78, 5) is 1.44. The van der Waals surface area contributed by atoms with E-state index in [1.54, 1.807) is 18.2 Å². The minimum Gasteiger partial charge on any atom is -0.369 e. The molecule has 0 amide bonds. The molecule has 0 saturated carbocycles. The van der Waals surface area contributed by atoms with Crippen LogP contribution in [0.15, 0.2) is 42.5 Å². The molecular weight excluding hydrogens is 272 g/mol. The number of nitrogens with zero attached hydrogens (tertiary/aromatic N) is 2. The van der Waals surface area contributed by atoms with Gasteiger partial charge in [0.25, 0.3) is 0 Å². The van der Waals surface area contributed by atoms with Gasteiger partial charge >= 0.3 is 0 Å². The van der Waals surface area contributed by atoms with E-state index in [2.05, 4.69) is 0 Å². The number of aliphatic hydroxyl groups excluding tert-OH is 2. The van der Waals surface area contributed by atoms with E-state index in [-0.39, 0.29) is 16.5 Å². The normalized spacial score (nSPS) is 20.5. The second-order valence-electron chi connectivity index (χ2n) is 5.01. The Hall–Kier alpha value is -2.12. The smallest absolute Gasteiger partial charge is 0.158 e. The van der Waals surface area contributed by atoms with Gasteiger partial charge in [0.15, 0.2) is 12.5 Å². The van der Waals surface area contributed by atoms with E-state index < -0.39 is 12.5 Å². The first kappa shape index (κ1) is 13.8. The van der Waals surface area contributed by atoms with Crippen molar-refractivity contribution in [2.45, 2.75) is 19.4 Å². The number of aliphatic hydroxyl groups is 2. The molecule has 0 bridgehead atoms. The molecule has 6 nitrogen and oxygen atoms in total. The molecule has 4 N–H and O–H groups in total. The number of fused-ring (bicyclic) bond motifs is 1. The highest BCUT2D eigenvalue weighted by molar-refractivity contribution is 5.65. The van der Waals surface area contributed by atoms with Crippen LogP contribution in [-0.4, -0.2) is 20.6 Å². The van der Waals surface area contributed by atoms with Crippen LogP contribution in [0.25, 0.3) is 0 Å². The Kier molecular flexibility index (Phi) is 3.30. The fourth-order valence-electron chi connectivity index (χ4n) is 2.79. The number of aryl methyl sites for hydroxylation is 1. The molecule has 0 spiro atoms. The van der Waals surface area contributed by atoms with Crippen LogP contribution in [0.5, 0.6) is 0 Å². The van der Waals surface area contributed by atoms with Gasteiger partial charge in [-0.15, -0.1) is 5.23 Å². The third-order valence-electron chi connectivity index (χ3n) is 3.79. The van der Waals surface area contributed by atoms with Crippen LogP contribution in [0.2, 0.25) is 0 Å². The van der Waals surface area contributed by atoms with E-state index in [4.69, 9.17) is 0 Å². The molecule has 0 aliphatic carbocycles. The maximum Gasteiger partial charge on any atom is 0.158 e. The minimum atomic E-state index is -1.17. The zero-order valence-corrected chi connectivity index (χ0v) is 11.4. The summed E-state index contributed by atoms with van der Waals surface area (Å²) in [5.74, 6) is 0. The quantitative estimate of drug-likeness (QED) is 0.633. The molecule has 1 heterocycles. The summed E-state index contributed by atoms with van der Waals surface area (Å²) in [5, 5.41) is 39.5. The van der Waals surface area contributed by atoms with Crippen molar-refractivity contribution in [1.82, 2.24) is 0 Å². The topological polar surface area (TPSA) is 87.4 Å². The first-order valence-electron chi connectivity index (χ1n) is 6.53. The average molecular weight is 288 g/mol. The third kappa shape index (κ3) is 2.05. The van der Waals surface area contributed by atoms with Crippen molar-refractivity contribution in [2.75, 3.05) is 10.1 Å². The van der Waals surface area contributed by atoms with E-state index in [0.717, 1.165) is 5.56 Å². The molecule has 21 heavy (non-hydrogen) atoms. The molecule has 2 aromatic rings. The van der Waals surface area contributed by atoms with Crippen LogP contribution in [0.1, 0.15) is 29.1 Å². The average Bonchev–Trinajstić information content (AvgIpc) is 2.72. The number of anilines is 2. The molecule has 2 aromatic carbocycles. The van der Waals surface area contributed by atoms with Crippen molar-refractivity contribution in [3.63, 3.8) is 0 Å². The summed E-state index contributed by atoms with van der Waals surface area (Å²) < 4.78 is 0. The van der Waals surface area contributed by atoms with Crippen LogP contribution in [0.4, 0.5) is 11.4 Å². The van der Waals surface area contributed by atoms with Gasteiger partial charge in [0, 0.05) is 16.8 Å². The predicted octanol–water partition coefficient (Wildman–Crippen LogP) is 2.08. The summed E-state index contributed by atoms with van der Waals surface area (Å²) in [6.45, 7) is 1.88. The molecule has 3 rings (SSSR count). The van der Waals surface area contributed by atoms with Crippen LogP contribution < -0.4 is 10.1 Å². The molecule has 0 fully saturated rings. The molecule has 110 valence electrons. The Morgan fingerprint density at radius 1 is 0.952 bits per heavy atom. The number of hydrogen-bond acceptors (Lipinski definition) is 6. The highest BCUT2D eigenvalue weighted by Crippen LogP contribution is 2.46. The maximum atomic E-state index is 10.5. The van der Waals surface area contributed by atoms with Gasteiger partial charge in [0.2, 0.25) is 0 Å². The van der Waals surface area contributed by atoms with E-state index in [1.165, 1.54) is 11.0 Å². The zero-order valence-electron chi connectivity index (χ0n) is 11.4. The third-order valence-corrected chi connectivity index (χ3v) is 3.79. The monoisotopic (exact) mass is 288 g/mol. The lowest BCUT2D eigenvalue weighted by atomic mass is 10.1. The fourth-order valence-corrected chi connectivity index (χ4v) is 2.79. The Morgan fingerprint density at radius 3 is 2.33 bits per heavy atom. The minimum absolute atomic E-state index is 0.0372. The van der Waals surface area contributed by atoms with E-state index >= 15 is 0 Å². The lowest BCUT2D eigenvalue weighted by Gasteiger charge is -2.28. The van der Waals surface area contributed by atoms with Gasteiger partial charge in [-0.3, -0.25) is 10.4 Å². The highest BCUT2D eigenvalue weighted by Gasteiger charge is 2.39. The van der Waals surface area contributed by atoms with Crippen molar-refractivity contribution in [2.24, 2.45) is 0 Å². The van der Waals surface area contributed by atoms with Gasteiger partial charge in [0.1, 0.15) is 5.69 Å². The summed E-state index contributed by atoms with van der Waals surface area (Å²) in [6, 6.07) is 12.0. The van der Waals surface area contributed by atoms with Gasteiger partial charge in [0.05, 0.1) is 0 Å². The highest BCUT2D eigenvalue weighted by atomic mass is 16.8. The second-order valence-corrected chi connectivity index (χ2v) is 5.01. The molecule has 1 aliphatic rings.